The maximum atomic E-state index is 3.91. The van der Waals surface area contributed by atoms with E-state index >= 15 is 0 Å². The summed E-state index contributed by atoms with van der Waals surface area (Å²) in [5.74, 6) is 0.849. The van der Waals surface area contributed by atoms with Gasteiger partial charge in [-0.1, -0.05) is 66.4 Å². The van der Waals surface area contributed by atoms with Gasteiger partial charge in [0.25, 0.3) is 0 Å². The first-order valence-electron chi connectivity index (χ1n) is 6.54. The molecule has 0 radical (unpaired) electrons. The number of alkyl halides is 1. The molecule has 0 saturated heterocycles. The van der Waals surface area contributed by atoms with Crippen LogP contribution in [0.25, 0.3) is 0 Å². The standard InChI is InChI=1S/C15H21Br/c1-2-3-4-8-13-11-10-12-7-5-6-9-14(12)15(13)16/h5-7,9,13,15H,2-4,8,10-11H2,1H3. The fourth-order valence-corrected chi connectivity index (χ4v) is 3.69. The highest BCUT2D eigenvalue weighted by atomic mass is 79.9. The monoisotopic (exact) mass is 280 g/mol. The molecular formula is C15H21Br. The van der Waals surface area contributed by atoms with E-state index < -0.39 is 0 Å². The van der Waals surface area contributed by atoms with E-state index in [1.165, 1.54) is 44.1 Å². The molecule has 16 heavy (non-hydrogen) atoms. The molecule has 0 saturated carbocycles. The normalized spacial score (nSPS) is 24.1. The Hall–Kier alpha value is -0.300. The maximum Gasteiger partial charge on any atom is 0.0426 e. The lowest BCUT2D eigenvalue weighted by Crippen LogP contribution is -2.16. The van der Waals surface area contributed by atoms with Crippen molar-refractivity contribution in [3.63, 3.8) is 0 Å². The lowest BCUT2D eigenvalue weighted by atomic mass is 9.81. The highest BCUT2D eigenvalue weighted by Gasteiger charge is 2.26. The lowest BCUT2D eigenvalue weighted by molar-refractivity contribution is 0.405. The predicted molar refractivity (Wildman–Crippen MR) is 74.1 cm³/mol. The summed E-state index contributed by atoms with van der Waals surface area (Å²) in [7, 11) is 0. The van der Waals surface area contributed by atoms with Crippen molar-refractivity contribution < 1.29 is 0 Å². The van der Waals surface area contributed by atoms with Crippen molar-refractivity contribution >= 4 is 15.9 Å². The SMILES string of the molecule is CCCCCC1CCc2ccccc2C1Br. The summed E-state index contributed by atoms with van der Waals surface area (Å²) < 4.78 is 0. The van der Waals surface area contributed by atoms with Crippen LogP contribution < -0.4 is 0 Å². The van der Waals surface area contributed by atoms with Gasteiger partial charge in [0, 0.05) is 4.83 Å². The first-order valence-corrected chi connectivity index (χ1v) is 7.46. The number of hydrogen-bond acceptors (Lipinski definition) is 0. The van der Waals surface area contributed by atoms with E-state index in [0.29, 0.717) is 4.83 Å². The third-order valence-corrected chi connectivity index (χ3v) is 4.97. The van der Waals surface area contributed by atoms with E-state index in [0.717, 1.165) is 5.92 Å². The zero-order valence-corrected chi connectivity index (χ0v) is 11.7. The van der Waals surface area contributed by atoms with Crippen molar-refractivity contribution in [3.05, 3.63) is 35.4 Å². The predicted octanol–water partition coefficient (Wildman–Crippen LogP) is 5.27. The molecule has 0 amide bonds. The fourth-order valence-electron chi connectivity index (χ4n) is 2.72. The van der Waals surface area contributed by atoms with E-state index in [1.807, 2.05) is 0 Å². The van der Waals surface area contributed by atoms with E-state index in [-0.39, 0.29) is 0 Å². The van der Waals surface area contributed by atoms with E-state index in [2.05, 4.69) is 47.1 Å². The molecule has 2 atom stereocenters. The molecule has 0 spiro atoms. The first-order chi connectivity index (χ1) is 7.83. The number of unbranched alkanes of at least 4 members (excludes halogenated alkanes) is 2. The van der Waals surface area contributed by atoms with Gasteiger partial charge in [-0.3, -0.25) is 0 Å². The molecule has 0 aliphatic heterocycles. The zero-order chi connectivity index (χ0) is 11.4. The van der Waals surface area contributed by atoms with Crippen molar-refractivity contribution in [2.45, 2.75) is 50.3 Å². The molecular weight excluding hydrogens is 260 g/mol. The molecule has 1 aliphatic carbocycles. The number of hydrogen-bond donors (Lipinski definition) is 0. The molecule has 0 nitrogen and oxygen atoms in total. The summed E-state index contributed by atoms with van der Waals surface area (Å²) in [6.07, 6.45) is 8.13. The summed E-state index contributed by atoms with van der Waals surface area (Å²) in [5.41, 5.74) is 3.09. The Kier molecular flexibility index (Phi) is 4.45. The van der Waals surface area contributed by atoms with Crippen LogP contribution in [0, 0.1) is 5.92 Å². The molecule has 0 N–H and O–H groups in total. The largest absolute Gasteiger partial charge is 0.0836 e. The summed E-state index contributed by atoms with van der Waals surface area (Å²) in [6.45, 7) is 2.28. The van der Waals surface area contributed by atoms with Crippen LogP contribution in [-0.2, 0) is 6.42 Å². The van der Waals surface area contributed by atoms with Crippen LogP contribution in [0.4, 0.5) is 0 Å². The minimum atomic E-state index is 0.592. The third-order valence-electron chi connectivity index (χ3n) is 3.73. The van der Waals surface area contributed by atoms with Gasteiger partial charge in [-0.05, 0) is 36.3 Å². The quantitative estimate of drug-likeness (QED) is 0.521. The highest BCUT2D eigenvalue weighted by molar-refractivity contribution is 9.09. The van der Waals surface area contributed by atoms with Crippen molar-refractivity contribution in [2.75, 3.05) is 0 Å². The Morgan fingerprint density at radius 1 is 1.25 bits per heavy atom. The molecule has 2 rings (SSSR count). The van der Waals surface area contributed by atoms with Crippen molar-refractivity contribution in [3.8, 4) is 0 Å². The van der Waals surface area contributed by atoms with Crippen LogP contribution >= 0.6 is 15.9 Å². The number of halogens is 1. The molecule has 2 unspecified atom stereocenters. The number of aryl methyl sites for hydroxylation is 1. The van der Waals surface area contributed by atoms with E-state index in [4.69, 9.17) is 0 Å². The number of rotatable bonds is 4. The van der Waals surface area contributed by atoms with Gasteiger partial charge in [0.15, 0.2) is 0 Å². The topological polar surface area (TPSA) is 0 Å². The minimum absolute atomic E-state index is 0.592. The molecule has 1 aliphatic rings. The van der Waals surface area contributed by atoms with Crippen LogP contribution in [0.1, 0.15) is 55.0 Å². The van der Waals surface area contributed by atoms with Gasteiger partial charge in [-0.2, -0.15) is 0 Å². The van der Waals surface area contributed by atoms with Gasteiger partial charge in [-0.15, -0.1) is 0 Å². The maximum absolute atomic E-state index is 3.91. The van der Waals surface area contributed by atoms with Gasteiger partial charge >= 0.3 is 0 Å². The average Bonchev–Trinajstić information content (AvgIpc) is 2.33. The second-order valence-corrected chi connectivity index (χ2v) is 5.88. The molecule has 0 fully saturated rings. The summed E-state index contributed by atoms with van der Waals surface area (Å²) >= 11 is 3.91. The molecule has 1 aromatic carbocycles. The summed E-state index contributed by atoms with van der Waals surface area (Å²) in [5, 5.41) is 0. The Balaban J connectivity index is 2.00. The van der Waals surface area contributed by atoms with Gasteiger partial charge in [0.05, 0.1) is 0 Å². The van der Waals surface area contributed by atoms with Gasteiger partial charge in [0.1, 0.15) is 0 Å². The molecule has 88 valence electrons. The Morgan fingerprint density at radius 3 is 2.88 bits per heavy atom. The van der Waals surface area contributed by atoms with Gasteiger partial charge in [-0.25, -0.2) is 0 Å². The number of fused-ring (bicyclic) bond motifs is 1. The van der Waals surface area contributed by atoms with Crippen molar-refractivity contribution in [1.29, 1.82) is 0 Å². The summed E-state index contributed by atoms with van der Waals surface area (Å²) in [4.78, 5) is 0.592. The number of benzene rings is 1. The third kappa shape index (κ3) is 2.68. The second-order valence-electron chi connectivity index (χ2n) is 4.90. The Labute approximate surface area is 108 Å². The fraction of sp³-hybridized carbons (Fsp3) is 0.600. The Bertz CT molecular complexity index is 332. The molecule has 0 bridgehead atoms. The van der Waals surface area contributed by atoms with Crippen LogP contribution in [0.3, 0.4) is 0 Å². The van der Waals surface area contributed by atoms with E-state index in [1.54, 1.807) is 5.56 Å². The van der Waals surface area contributed by atoms with Crippen molar-refractivity contribution in [1.82, 2.24) is 0 Å². The van der Waals surface area contributed by atoms with Crippen LogP contribution in [0.2, 0.25) is 0 Å². The van der Waals surface area contributed by atoms with Gasteiger partial charge in [0.2, 0.25) is 0 Å². The van der Waals surface area contributed by atoms with Gasteiger partial charge < -0.3 is 0 Å². The molecule has 1 aromatic rings. The zero-order valence-electron chi connectivity index (χ0n) is 10.1. The molecule has 0 aromatic heterocycles. The smallest absolute Gasteiger partial charge is 0.0426 e. The molecule has 1 heteroatoms. The highest BCUT2D eigenvalue weighted by Crippen LogP contribution is 2.42. The average molecular weight is 281 g/mol. The minimum Gasteiger partial charge on any atom is -0.0836 e. The first kappa shape index (κ1) is 12.2. The van der Waals surface area contributed by atoms with Crippen LogP contribution in [-0.4, -0.2) is 0 Å². The summed E-state index contributed by atoms with van der Waals surface area (Å²) in [6, 6.07) is 8.91. The van der Waals surface area contributed by atoms with Crippen LogP contribution in [0.15, 0.2) is 24.3 Å². The lowest BCUT2D eigenvalue weighted by Gasteiger charge is -2.30. The molecule has 0 heterocycles. The van der Waals surface area contributed by atoms with Crippen LogP contribution in [0.5, 0.6) is 0 Å². The van der Waals surface area contributed by atoms with Crippen molar-refractivity contribution in [2.24, 2.45) is 5.92 Å². The Morgan fingerprint density at radius 2 is 2.06 bits per heavy atom. The second kappa shape index (κ2) is 5.86. The van der Waals surface area contributed by atoms with E-state index in [9.17, 15) is 0 Å².